The molecule has 0 radical (unpaired) electrons. The first kappa shape index (κ1) is 17.1. The van der Waals surface area contributed by atoms with Crippen molar-refractivity contribution in [2.75, 3.05) is 6.54 Å². The summed E-state index contributed by atoms with van der Waals surface area (Å²) in [5.74, 6) is -1.84. The van der Waals surface area contributed by atoms with E-state index in [0.717, 1.165) is 17.2 Å². The minimum atomic E-state index is -1.62. The van der Waals surface area contributed by atoms with Crippen molar-refractivity contribution in [1.82, 2.24) is 5.32 Å². The Morgan fingerprint density at radius 3 is 2.61 bits per heavy atom. The minimum absolute atomic E-state index is 0.0604. The summed E-state index contributed by atoms with van der Waals surface area (Å²) in [4.78, 5) is 12.0. The molecule has 0 saturated carbocycles. The number of nitrogens with one attached hydrogen (secondary N) is 1. The lowest BCUT2D eigenvalue weighted by atomic mass is 9.95. The zero-order chi connectivity index (χ0) is 17.0. The Hall–Kier alpha value is -2.27. The number of carbonyl (C=O) groups is 1. The SMILES string of the molecule is Cc1cccc(CC(=O)NCC(C)(O)c2ccc(F)cc2F)c1. The van der Waals surface area contributed by atoms with Crippen LogP contribution in [0.4, 0.5) is 8.78 Å². The molecule has 2 aromatic carbocycles. The lowest BCUT2D eigenvalue weighted by molar-refractivity contribution is -0.121. The van der Waals surface area contributed by atoms with Crippen molar-refractivity contribution < 1.29 is 18.7 Å². The molecule has 1 amide bonds. The van der Waals surface area contributed by atoms with Gasteiger partial charge in [-0.15, -0.1) is 0 Å². The summed E-state index contributed by atoms with van der Waals surface area (Å²) >= 11 is 0. The maximum atomic E-state index is 13.7. The van der Waals surface area contributed by atoms with Crippen LogP contribution in [0.2, 0.25) is 0 Å². The third-order valence-electron chi connectivity index (χ3n) is 3.59. The van der Waals surface area contributed by atoms with Gasteiger partial charge < -0.3 is 10.4 Å². The molecule has 122 valence electrons. The summed E-state index contributed by atoms with van der Waals surface area (Å²) in [6, 6.07) is 10.5. The van der Waals surface area contributed by atoms with E-state index in [0.29, 0.717) is 6.07 Å². The van der Waals surface area contributed by atoms with Gasteiger partial charge in [0.2, 0.25) is 5.91 Å². The summed E-state index contributed by atoms with van der Waals surface area (Å²) in [5, 5.41) is 12.9. The Morgan fingerprint density at radius 1 is 1.22 bits per heavy atom. The van der Waals surface area contributed by atoms with Crippen LogP contribution in [0, 0.1) is 18.6 Å². The molecule has 0 aliphatic rings. The summed E-state index contributed by atoms with van der Waals surface area (Å²) in [5.41, 5.74) is 0.223. The van der Waals surface area contributed by atoms with Gasteiger partial charge in [0.1, 0.15) is 17.2 Å². The van der Waals surface area contributed by atoms with Crippen molar-refractivity contribution >= 4 is 5.91 Å². The van der Waals surface area contributed by atoms with Crippen molar-refractivity contribution in [1.29, 1.82) is 0 Å². The predicted molar refractivity (Wildman–Crippen MR) is 83.8 cm³/mol. The second-order valence-electron chi connectivity index (χ2n) is 5.84. The second-order valence-corrected chi connectivity index (χ2v) is 5.84. The van der Waals surface area contributed by atoms with Gasteiger partial charge >= 0.3 is 0 Å². The molecule has 0 fully saturated rings. The van der Waals surface area contributed by atoms with E-state index < -0.39 is 17.2 Å². The fraction of sp³-hybridized carbons (Fsp3) is 0.278. The molecule has 0 aliphatic carbocycles. The molecule has 3 nitrogen and oxygen atoms in total. The number of halogens is 2. The minimum Gasteiger partial charge on any atom is -0.383 e. The largest absolute Gasteiger partial charge is 0.383 e. The molecule has 23 heavy (non-hydrogen) atoms. The van der Waals surface area contributed by atoms with E-state index >= 15 is 0 Å². The monoisotopic (exact) mass is 319 g/mol. The third-order valence-corrected chi connectivity index (χ3v) is 3.59. The molecule has 0 saturated heterocycles. The van der Waals surface area contributed by atoms with E-state index in [1.807, 2.05) is 31.2 Å². The van der Waals surface area contributed by atoms with Crippen LogP contribution in [0.25, 0.3) is 0 Å². The van der Waals surface area contributed by atoms with Crippen LogP contribution >= 0.6 is 0 Å². The molecule has 2 rings (SSSR count). The van der Waals surface area contributed by atoms with Gasteiger partial charge in [0.05, 0.1) is 13.0 Å². The van der Waals surface area contributed by atoms with Crippen LogP contribution in [-0.4, -0.2) is 17.6 Å². The van der Waals surface area contributed by atoms with Gasteiger partial charge in [-0.05, 0) is 25.5 Å². The lowest BCUT2D eigenvalue weighted by Gasteiger charge is -2.24. The van der Waals surface area contributed by atoms with E-state index in [1.54, 1.807) is 0 Å². The summed E-state index contributed by atoms with van der Waals surface area (Å²) in [7, 11) is 0. The average Bonchev–Trinajstić information content (AvgIpc) is 2.45. The normalized spacial score (nSPS) is 13.4. The van der Waals surface area contributed by atoms with Crippen molar-refractivity contribution in [3.8, 4) is 0 Å². The summed E-state index contributed by atoms with van der Waals surface area (Å²) in [6.45, 7) is 3.14. The van der Waals surface area contributed by atoms with E-state index in [2.05, 4.69) is 5.32 Å². The molecule has 0 aliphatic heterocycles. The predicted octanol–water partition coefficient (Wildman–Crippen LogP) is 2.84. The number of hydrogen-bond donors (Lipinski definition) is 2. The molecular weight excluding hydrogens is 300 g/mol. The molecule has 0 heterocycles. The molecule has 1 atom stereocenters. The van der Waals surface area contributed by atoms with Gasteiger partial charge in [-0.1, -0.05) is 35.9 Å². The molecule has 1 unspecified atom stereocenters. The maximum Gasteiger partial charge on any atom is 0.224 e. The van der Waals surface area contributed by atoms with Gasteiger partial charge in [0.25, 0.3) is 0 Å². The van der Waals surface area contributed by atoms with Crippen LogP contribution < -0.4 is 5.32 Å². The smallest absolute Gasteiger partial charge is 0.224 e. The standard InChI is InChI=1S/C18H19F2NO2/c1-12-4-3-5-13(8-12)9-17(22)21-11-18(2,23)15-7-6-14(19)10-16(15)20/h3-8,10,23H,9,11H2,1-2H3,(H,21,22). The first-order valence-corrected chi connectivity index (χ1v) is 7.28. The molecule has 0 bridgehead atoms. The molecule has 0 spiro atoms. The van der Waals surface area contributed by atoms with Crippen molar-refractivity contribution in [2.24, 2.45) is 0 Å². The van der Waals surface area contributed by atoms with Gasteiger partial charge in [0.15, 0.2) is 0 Å². The quantitative estimate of drug-likeness (QED) is 0.890. The summed E-state index contributed by atoms with van der Waals surface area (Å²) < 4.78 is 26.7. The highest BCUT2D eigenvalue weighted by Gasteiger charge is 2.27. The zero-order valence-electron chi connectivity index (χ0n) is 13.1. The van der Waals surface area contributed by atoms with Crippen molar-refractivity contribution in [2.45, 2.75) is 25.9 Å². The topological polar surface area (TPSA) is 49.3 Å². The number of carbonyl (C=O) groups excluding carboxylic acids is 1. The van der Waals surface area contributed by atoms with Gasteiger partial charge in [-0.3, -0.25) is 4.79 Å². The van der Waals surface area contributed by atoms with Crippen molar-refractivity contribution in [3.63, 3.8) is 0 Å². The van der Waals surface area contributed by atoms with E-state index in [4.69, 9.17) is 0 Å². The number of benzene rings is 2. The number of rotatable bonds is 5. The Morgan fingerprint density at radius 2 is 1.96 bits per heavy atom. The van der Waals surface area contributed by atoms with E-state index in [1.165, 1.54) is 13.0 Å². The van der Waals surface area contributed by atoms with Crippen LogP contribution in [0.1, 0.15) is 23.6 Å². The molecular formula is C18H19F2NO2. The Bertz CT molecular complexity index is 714. The highest BCUT2D eigenvalue weighted by molar-refractivity contribution is 5.78. The number of aliphatic hydroxyl groups is 1. The van der Waals surface area contributed by atoms with Crippen LogP contribution in [0.15, 0.2) is 42.5 Å². The first-order chi connectivity index (χ1) is 10.8. The Labute approximate surface area is 134 Å². The third kappa shape index (κ3) is 4.60. The number of hydrogen-bond acceptors (Lipinski definition) is 2. The maximum absolute atomic E-state index is 13.7. The van der Waals surface area contributed by atoms with Crippen LogP contribution in [0.5, 0.6) is 0 Å². The average molecular weight is 319 g/mol. The van der Waals surface area contributed by atoms with E-state index in [9.17, 15) is 18.7 Å². The van der Waals surface area contributed by atoms with Gasteiger partial charge in [-0.25, -0.2) is 8.78 Å². The van der Waals surface area contributed by atoms with Gasteiger partial charge in [-0.2, -0.15) is 0 Å². The Kier molecular flexibility index (Phi) is 5.11. The zero-order valence-corrected chi connectivity index (χ0v) is 13.1. The lowest BCUT2D eigenvalue weighted by Crippen LogP contribution is -2.39. The number of amides is 1. The molecule has 5 heteroatoms. The van der Waals surface area contributed by atoms with Crippen LogP contribution in [0.3, 0.4) is 0 Å². The second kappa shape index (κ2) is 6.87. The highest BCUT2D eigenvalue weighted by atomic mass is 19.1. The number of aryl methyl sites for hydroxylation is 1. The van der Waals surface area contributed by atoms with Crippen LogP contribution in [-0.2, 0) is 16.8 Å². The fourth-order valence-corrected chi connectivity index (χ4v) is 2.36. The molecule has 2 aromatic rings. The Balaban J connectivity index is 1.99. The molecule has 0 aromatic heterocycles. The fourth-order valence-electron chi connectivity index (χ4n) is 2.36. The highest BCUT2D eigenvalue weighted by Crippen LogP contribution is 2.23. The first-order valence-electron chi connectivity index (χ1n) is 7.28. The van der Waals surface area contributed by atoms with Crippen molar-refractivity contribution in [3.05, 3.63) is 70.8 Å². The summed E-state index contributed by atoms with van der Waals surface area (Å²) in [6.07, 6.45) is 0.170. The van der Waals surface area contributed by atoms with Gasteiger partial charge in [0, 0.05) is 11.6 Å². The molecule has 2 N–H and O–H groups in total. The van der Waals surface area contributed by atoms with E-state index in [-0.39, 0.29) is 24.4 Å².